The van der Waals surface area contributed by atoms with E-state index in [4.69, 9.17) is 51.2 Å². The van der Waals surface area contributed by atoms with Gasteiger partial charge in [-0.3, -0.25) is 0 Å². The van der Waals surface area contributed by atoms with E-state index >= 15 is 0 Å². The van der Waals surface area contributed by atoms with Crippen molar-refractivity contribution in [2.45, 2.75) is 6.61 Å². The molecule has 6 heteroatoms. The van der Waals surface area contributed by atoms with Crippen LogP contribution in [0.3, 0.4) is 0 Å². The fourth-order valence-corrected chi connectivity index (χ4v) is 2.44. The topological polar surface area (TPSA) is 21.6 Å². The summed E-state index contributed by atoms with van der Waals surface area (Å²) in [4.78, 5) is 5.18. The van der Waals surface area contributed by atoms with Crippen LogP contribution >= 0.6 is 46.4 Å². The van der Waals surface area contributed by atoms with Crippen molar-refractivity contribution < 1.29 is 4.84 Å². The first kappa shape index (κ1) is 15.5. The minimum Gasteiger partial charge on any atom is -0.391 e. The van der Waals surface area contributed by atoms with E-state index < -0.39 is 0 Å². The Kier molecular flexibility index (Phi) is 5.55. The first-order valence-electron chi connectivity index (χ1n) is 5.61. The van der Waals surface area contributed by atoms with E-state index in [9.17, 15) is 0 Å². The SMILES string of the molecule is Clc1ccc(C=NOCc2c(Cl)cccc2Cl)c(Cl)c1. The Labute approximate surface area is 136 Å². The molecule has 104 valence electrons. The van der Waals surface area contributed by atoms with Crippen LogP contribution < -0.4 is 0 Å². The predicted octanol–water partition coefficient (Wildman–Crippen LogP) is 5.85. The van der Waals surface area contributed by atoms with Crippen molar-refractivity contribution in [3.63, 3.8) is 0 Å². The second kappa shape index (κ2) is 7.19. The molecule has 2 rings (SSSR count). The van der Waals surface area contributed by atoms with E-state index in [-0.39, 0.29) is 6.61 Å². The van der Waals surface area contributed by atoms with E-state index in [1.165, 1.54) is 6.21 Å². The Morgan fingerprint density at radius 3 is 2.30 bits per heavy atom. The quantitative estimate of drug-likeness (QED) is 0.501. The summed E-state index contributed by atoms with van der Waals surface area (Å²) >= 11 is 23.8. The molecular weight excluding hydrogens is 340 g/mol. The minimum absolute atomic E-state index is 0.181. The van der Waals surface area contributed by atoms with Crippen LogP contribution in [0.2, 0.25) is 20.1 Å². The zero-order valence-corrected chi connectivity index (χ0v) is 13.1. The van der Waals surface area contributed by atoms with Crippen molar-refractivity contribution in [3.05, 3.63) is 67.6 Å². The van der Waals surface area contributed by atoms with Gasteiger partial charge >= 0.3 is 0 Å². The second-order valence-corrected chi connectivity index (χ2v) is 5.53. The Morgan fingerprint density at radius 2 is 1.65 bits per heavy atom. The molecule has 0 heterocycles. The molecule has 0 fully saturated rings. The summed E-state index contributed by atoms with van der Waals surface area (Å²) < 4.78 is 0. The highest BCUT2D eigenvalue weighted by Crippen LogP contribution is 2.25. The van der Waals surface area contributed by atoms with Gasteiger partial charge in [0.15, 0.2) is 0 Å². The molecule has 0 atom stereocenters. The summed E-state index contributed by atoms with van der Waals surface area (Å²) in [7, 11) is 0. The molecule has 0 bridgehead atoms. The van der Waals surface area contributed by atoms with Crippen molar-refractivity contribution in [3.8, 4) is 0 Å². The summed E-state index contributed by atoms with van der Waals surface area (Å²) in [6, 6.07) is 10.4. The van der Waals surface area contributed by atoms with Crippen LogP contribution in [0.15, 0.2) is 41.6 Å². The summed E-state index contributed by atoms with van der Waals surface area (Å²) in [5.41, 5.74) is 1.40. The third-order valence-electron chi connectivity index (χ3n) is 2.50. The number of oxime groups is 1. The molecule has 2 aromatic rings. The fraction of sp³-hybridized carbons (Fsp3) is 0.0714. The monoisotopic (exact) mass is 347 g/mol. The van der Waals surface area contributed by atoms with Crippen LogP contribution in [0.25, 0.3) is 0 Å². The van der Waals surface area contributed by atoms with Crippen molar-refractivity contribution >= 4 is 52.6 Å². The summed E-state index contributed by atoms with van der Waals surface area (Å²) in [5.74, 6) is 0. The number of halogens is 4. The Balaban J connectivity index is 2.01. The molecule has 20 heavy (non-hydrogen) atoms. The molecule has 0 aromatic heterocycles. The van der Waals surface area contributed by atoms with Gasteiger partial charge in [-0.1, -0.05) is 63.7 Å². The van der Waals surface area contributed by atoms with Crippen LogP contribution in [0.4, 0.5) is 0 Å². The maximum absolute atomic E-state index is 6.02. The van der Waals surface area contributed by atoms with Crippen LogP contribution in [0, 0.1) is 0 Å². The van der Waals surface area contributed by atoms with Crippen LogP contribution in [0.5, 0.6) is 0 Å². The second-order valence-electron chi connectivity index (χ2n) is 3.87. The molecule has 0 saturated carbocycles. The fourth-order valence-electron chi connectivity index (χ4n) is 1.47. The highest BCUT2D eigenvalue weighted by Gasteiger charge is 2.05. The number of hydrogen-bond donors (Lipinski definition) is 0. The van der Waals surface area contributed by atoms with Gasteiger partial charge < -0.3 is 4.84 Å². The molecule has 0 aliphatic heterocycles. The lowest BCUT2D eigenvalue weighted by Crippen LogP contribution is -1.91. The lowest BCUT2D eigenvalue weighted by Gasteiger charge is -2.05. The highest BCUT2D eigenvalue weighted by molar-refractivity contribution is 6.36. The maximum atomic E-state index is 6.02. The average Bonchev–Trinajstić information content (AvgIpc) is 2.39. The molecular formula is C14H9Cl4NO. The first-order chi connectivity index (χ1) is 9.58. The van der Waals surface area contributed by atoms with E-state index in [0.717, 1.165) is 0 Å². The van der Waals surface area contributed by atoms with Crippen molar-refractivity contribution in [2.75, 3.05) is 0 Å². The molecule has 2 nitrogen and oxygen atoms in total. The van der Waals surface area contributed by atoms with E-state index in [1.807, 2.05) is 0 Å². The van der Waals surface area contributed by atoms with Gasteiger partial charge in [-0.05, 0) is 24.3 Å². The molecule has 0 spiro atoms. The first-order valence-corrected chi connectivity index (χ1v) is 7.12. The number of nitrogens with zero attached hydrogens (tertiary/aromatic N) is 1. The van der Waals surface area contributed by atoms with Gasteiger partial charge in [0.05, 0.1) is 11.2 Å². The van der Waals surface area contributed by atoms with Gasteiger partial charge in [-0.15, -0.1) is 0 Å². The summed E-state index contributed by atoms with van der Waals surface area (Å²) in [6.45, 7) is 0.181. The van der Waals surface area contributed by atoms with Gasteiger partial charge in [0.2, 0.25) is 0 Å². The molecule has 0 aliphatic rings. The van der Waals surface area contributed by atoms with Gasteiger partial charge in [0.1, 0.15) is 6.61 Å². The van der Waals surface area contributed by atoms with Crippen LogP contribution in [-0.4, -0.2) is 6.21 Å². The molecule has 0 unspecified atom stereocenters. The van der Waals surface area contributed by atoms with E-state index in [2.05, 4.69) is 5.16 Å². The van der Waals surface area contributed by atoms with E-state index in [1.54, 1.807) is 36.4 Å². The molecule has 0 aliphatic carbocycles. The van der Waals surface area contributed by atoms with Crippen molar-refractivity contribution in [1.82, 2.24) is 0 Å². The Bertz CT molecular complexity index is 623. The zero-order chi connectivity index (χ0) is 14.5. The molecule has 2 aromatic carbocycles. The molecule has 0 radical (unpaired) electrons. The van der Waals surface area contributed by atoms with Gasteiger partial charge in [-0.2, -0.15) is 0 Å². The summed E-state index contributed by atoms with van der Waals surface area (Å²) in [5, 5.41) is 5.98. The highest BCUT2D eigenvalue weighted by atomic mass is 35.5. The predicted molar refractivity (Wildman–Crippen MR) is 85.3 cm³/mol. The van der Waals surface area contributed by atoms with Crippen LogP contribution in [-0.2, 0) is 11.4 Å². The van der Waals surface area contributed by atoms with E-state index in [0.29, 0.717) is 31.2 Å². The standard InChI is InChI=1S/C14H9Cl4NO/c15-10-5-4-9(14(18)6-10)7-19-20-8-11-12(16)2-1-3-13(11)17/h1-7H,8H2. The molecule has 0 saturated heterocycles. The number of rotatable bonds is 4. The molecule has 0 amide bonds. The Morgan fingerprint density at radius 1 is 0.950 bits per heavy atom. The number of hydrogen-bond acceptors (Lipinski definition) is 2. The third kappa shape index (κ3) is 4.03. The lowest BCUT2D eigenvalue weighted by molar-refractivity contribution is 0.132. The average molecular weight is 349 g/mol. The van der Waals surface area contributed by atoms with Gasteiger partial charge in [0, 0.05) is 26.2 Å². The zero-order valence-electron chi connectivity index (χ0n) is 10.1. The van der Waals surface area contributed by atoms with Gasteiger partial charge in [0.25, 0.3) is 0 Å². The lowest BCUT2D eigenvalue weighted by atomic mass is 10.2. The third-order valence-corrected chi connectivity index (χ3v) is 3.77. The van der Waals surface area contributed by atoms with Crippen molar-refractivity contribution in [2.24, 2.45) is 5.16 Å². The largest absolute Gasteiger partial charge is 0.391 e. The molecule has 0 N–H and O–H groups in total. The van der Waals surface area contributed by atoms with Crippen molar-refractivity contribution in [1.29, 1.82) is 0 Å². The van der Waals surface area contributed by atoms with Crippen LogP contribution in [0.1, 0.15) is 11.1 Å². The minimum atomic E-state index is 0.181. The van der Waals surface area contributed by atoms with Gasteiger partial charge in [-0.25, -0.2) is 0 Å². The number of benzene rings is 2. The maximum Gasteiger partial charge on any atom is 0.145 e. The smallest absolute Gasteiger partial charge is 0.145 e. The normalized spacial score (nSPS) is 11.0. The Hall–Kier alpha value is -0.930. The summed E-state index contributed by atoms with van der Waals surface area (Å²) in [6.07, 6.45) is 1.50.